The van der Waals surface area contributed by atoms with Gasteiger partial charge < -0.3 is 19.3 Å². The molecule has 164 valence electrons. The summed E-state index contributed by atoms with van der Waals surface area (Å²) in [6.07, 6.45) is 5.45. The number of ether oxygens (including phenoxy) is 2. The lowest BCUT2D eigenvalue weighted by Gasteiger charge is -2.14. The molecule has 3 aromatic heterocycles. The van der Waals surface area contributed by atoms with Crippen molar-refractivity contribution in [1.29, 1.82) is 0 Å². The molecule has 0 radical (unpaired) electrons. The number of nitrogens with one attached hydrogen (secondary N) is 1. The Morgan fingerprint density at radius 1 is 1.12 bits per heavy atom. The van der Waals surface area contributed by atoms with Gasteiger partial charge in [0.25, 0.3) is 0 Å². The molecule has 1 aromatic carbocycles. The largest absolute Gasteiger partial charge is 0.493 e. The van der Waals surface area contributed by atoms with E-state index in [-0.39, 0.29) is 12.3 Å². The molecule has 1 N–H and O–H groups in total. The lowest BCUT2D eigenvalue weighted by molar-refractivity contribution is -0.116. The van der Waals surface area contributed by atoms with Crippen LogP contribution in [-0.4, -0.2) is 45.0 Å². The second-order valence-electron chi connectivity index (χ2n) is 6.83. The number of para-hydroxylation sites is 1. The normalized spacial score (nSPS) is 10.7. The lowest BCUT2D eigenvalue weighted by atomic mass is 10.2. The van der Waals surface area contributed by atoms with E-state index < -0.39 is 0 Å². The minimum atomic E-state index is -0.189. The van der Waals surface area contributed by atoms with Gasteiger partial charge in [-0.2, -0.15) is 10.1 Å². The van der Waals surface area contributed by atoms with Crippen LogP contribution in [0.25, 0.3) is 11.4 Å². The summed E-state index contributed by atoms with van der Waals surface area (Å²) in [6.45, 7) is 0.404. The van der Waals surface area contributed by atoms with Gasteiger partial charge in [-0.05, 0) is 18.2 Å². The summed E-state index contributed by atoms with van der Waals surface area (Å²) in [5, 5.41) is 11.1. The zero-order valence-corrected chi connectivity index (χ0v) is 17.7. The second-order valence-corrected chi connectivity index (χ2v) is 6.83. The van der Waals surface area contributed by atoms with Crippen molar-refractivity contribution >= 4 is 11.7 Å². The van der Waals surface area contributed by atoms with Crippen molar-refractivity contribution in [1.82, 2.24) is 24.9 Å². The second kappa shape index (κ2) is 9.73. The maximum atomic E-state index is 12.5. The van der Waals surface area contributed by atoms with Crippen LogP contribution in [0.2, 0.25) is 0 Å². The van der Waals surface area contributed by atoms with Crippen LogP contribution < -0.4 is 14.8 Å². The Bertz CT molecular complexity index is 1190. The Kier molecular flexibility index (Phi) is 6.40. The molecule has 0 saturated heterocycles. The summed E-state index contributed by atoms with van der Waals surface area (Å²) in [4.78, 5) is 20.8. The van der Waals surface area contributed by atoms with E-state index in [2.05, 4.69) is 25.5 Å². The van der Waals surface area contributed by atoms with Gasteiger partial charge in [-0.3, -0.25) is 9.78 Å². The fourth-order valence-electron chi connectivity index (χ4n) is 3.20. The molecule has 0 unspecified atom stereocenters. The van der Waals surface area contributed by atoms with Gasteiger partial charge in [0, 0.05) is 42.4 Å². The minimum Gasteiger partial charge on any atom is -0.493 e. The number of methoxy groups -OCH3 is 2. The lowest BCUT2D eigenvalue weighted by Crippen LogP contribution is -2.16. The van der Waals surface area contributed by atoms with Gasteiger partial charge in [-0.15, -0.1) is 0 Å². The number of anilines is 1. The number of pyridine rings is 1. The van der Waals surface area contributed by atoms with E-state index >= 15 is 0 Å². The minimum absolute atomic E-state index is 0.183. The summed E-state index contributed by atoms with van der Waals surface area (Å²) in [5.74, 6) is 2.47. The number of amides is 1. The number of hydrogen-bond donors (Lipinski definition) is 1. The zero-order chi connectivity index (χ0) is 22.3. The third-order valence-corrected chi connectivity index (χ3v) is 4.74. The monoisotopic (exact) mass is 434 g/mol. The molecule has 0 aliphatic heterocycles. The summed E-state index contributed by atoms with van der Waals surface area (Å²) in [5.41, 5.74) is 1.63. The molecule has 10 nitrogen and oxygen atoms in total. The van der Waals surface area contributed by atoms with Crippen LogP contribution in [0, 0.1) is 0 Å². The number of hydrogen-bond acceptors (Lipinski definition) is 8. The average Bonchev–Trinajstić information content (AvgIpc) is 3.48. The standard InChI is InChI=1S/C22H22N6O4/c1-30-17-7-3-5-16(21(17)31-2)14-28-18(10-12-24-28)25-19(29)8-9-20-26-22(27-32-20)15-6-4-11-23-13-15/h3-7,10-13H,8-9,14H2,1-2H3,(H,25,29). The molecular formula is C22H22N6O4. The molecule has 10 heteroatoms. The van der Waals surface area contributed by atoms with Gasteiger partial charge in [0.2, 0.25) is 17.6 Å². The zero-order valence-electron chi connectivity index (χ0n) is 17.7. The highest BCUT2D eigenvalue weighted by atomic mass is 16.5. The van der Waals surface area contributed by atoms with E-state index in [0.717, 1.165) is 11.1 Å². The van der Waals surface area contributed by atoms with Crippen molar-refractivity contribution in [3.05, 3.63) is 66.4 Å². The Labute approximate surface area is 184 Å². The van der Waals surface area contributed by atoms with E-state index in [4.69, 9.17) is 14.0 Å². The fourth-order valence-corrected chi connectivity index (χ4v) is 3.20. The van der Waals surface area contributed by atoms with Crippen LogP contribution in [0.3, 0.4) is 0 Å². The summed E-state index contributed by atoms with van der Waals surface area (Å²) in [6, 6.07) is 11.0. The highest BCUT2D eigenvalue weighted by Gasteiger charge is 2.15. The number of rotatable bonds is 9. The van der Waals surface area contributed by atoms with Gasteiger partial charge in [0.05, 0.1) is 27.0 Å². The summed E-state index contributed by atoms with van der Waals surface area (Å²) >= 11 is 0. The van der Waals surface area contributed by atoms with Crippen LogP contribution in [0.15, 0.2) is 59.5 Å². The number of aromatic nitrogens is 5. The average molecular weight is 434 g/mol. The molecule has 32 heavy (non-hydrogen) atoms. The van der Waals surface area contributed by atoms with Gasteiger partial charge in [0.15, 0.2) is 11.5 Å². The molecular weight excluding hydrogens is 412 g/mol. The van der Waals surface area contributed by atoms with Crippen molar-refractivity contribution < 1.29 is 18.8 Å². The number of carbonyl (C=O) groups is 1. The highest BCUT2D eigenvalue weighted by Crippen LogP contribution is 2.31. The number of carbonyl (C=O) groups excluding carboxylic acids is 1. The van der Waals surface area contributed by atoms with Crippen LogP contribution >= 0.6 is 0 Å². The molecule has 3 heterocycles. The van der Waals surface area contributed by atoms with Gasteiger partial charge >= 0.3 is 0 Å². The molecule has 0 fully saturated rings. The molecule has 0 spiro atoms. The SMILES string of the molecule is COc1cccc(Cn2nccc2NC(=O)CCc2nc(-c3cccnc3)no2)c1OC. The van der Waals surface area contributed by atoms with Crippen molar-refractivity contribution in [3.8, 4) is 22.9 Å². The predicted octanol–water partition coefficient (Wildman–Crippen LogP) is 2.96. The molecule has 0 aliphatic rings. The molecule has 4 rings (SSSR count). The molecule has 0 bridgehead atoms. The predicted molar refractivity (Wildman–Crippen MR) is 115 cm³/mol. The first-order valence-corrected chi connectivity index (χ1v) is 9.92. The Morgan fingerprint density at radius 2 is 2.03 bits per heavy atom. The topological polar surface area (TPSA) is 117 Å². The van der Waals surface area contributed by atoms with Gasteiger partial charge in [-0.25, -0.2) is 4.68 Å². The van der Waals surface area contributed by atoms with E-state index in [0.29, 0.717) is 42.0 Å². The Balaban J connectivity index is 1.38. The molecule has 4 aromatic rings. The maximum absolute atomic E-state index is 12.5. The van der Waals surface area contributed by atoms with Crippen LogP contribution in [-0.2, 0) is 17.8 Å². The van der Waals surface area contributed by atoms with Gasteiger partial charge in [-0.1, -0.05) is 17.3 Å². The first-order chi connectivity index (χ1) is 15.7. The smallest absolute Gasteiger partial charge is 0.227 e. The van der Waals surface area contributed by atoms with E-state index in [1.54, 1.807) is 49.6 Å². The van der Waals surface area contributed by atoms with Crippen molar-refractivity contribution in [2.24, 2.45) is 0 Å². The third-order valence-electron chi connectivity index (χ3n) is 4.74. The summed E-state index contributed by atoms with van der Waals surface area (Å²) in [7, 11) is 3.18. The Hall–Kier alpha value is -4.21. The van der Waals surface area contributed by atoms with Crippen molar-refractivity contribution in [2.45, 2.75) is 19.4 Å². The quantitative estimate of drug-likeness (QED) is 0.427. The van der Waals surface area contributed by atoms with E-state index in [1.807, 2.05) is 24.3 Å². The van der Waals surface area contributed by atoms with Gasteiger partial charge in [0.1, 0.15) is 5.82 Å². The van der Waals surface area contributed by atoms with Crippen LogP contribution in [0.4, 0.5) is 5.82 Å². The van der Waals surface area contributed by atoms with E-state index in [1.165, 1.54) is 0 Å². The number of nitrogens with zero attached hydrogens (tertiary/aromatic N) is 5. The molecule has 0 atom stereocenters. The first-order valence-electron chi connectivity index (χ1n) is 9.92. The van der Waals surface area contributed by atoms with Crippen molar-refractivity contribution in [2.75, 3.05) is 19.5 Å². The number of aryl methyl sites for hydroxylation is 1. The van der Waals surface area contributed by atoms with Crippen LogP contribution in [0.5, 0.6) is 11.5 Å². The summed E-state index contributed by atoms with van der Waals surface area (Å²) < 4.78 is 17.8. The third kappa shape index (κ3) is 4.75. The first kappa shape index (κ1) is 21.0. The fraction of sp³-hybridized carbons (Fsp3) is 0.227. The highest BCUT2D eigenvalue weighted by molar-refractivity contribution is 5.89. The molecule has 0 saturated carbocycles. The number of benzene rings is 1. The molecule has 1 amide bonds. The molecule has 0 aliphatic carbocycles. The van der Waals surface area contributed by atoms with E-state index in [9.17, 15) is 4.79 Å². The Morgan fingerprint density at radius 3 is 2.81 bits per heavy atom. The van der Waals surface area contributed by atoms with Crippen molar-refractivity contribution in [3.63, 3.8) is 0 Å². The maximum Gasteiger partial charge on any atom is 0.227 e. The van der Waals surface area contributed by atoms with Crippen LogP contribution in [0.1, 0.15) is 17.9 Å².